The van der Waals surface area contributed by atoms with Crippen LogP contribution in [0.25, 0.3) is 0 Å². The molecule has 22 heavy (non-hydrogen) atoms. The van der Waals surface area contributed by atoms with Crippen LogP contribution in [0, 0.1) is 0 Å². The Kier molecular flexibility index (Phi) is 4.15. The standard InChI is InChI=1S/C15H23N5O2/c1-15(6-3-7-22-9-15)20-14-17-8-11(12(16)21)13(19-14)18-10-4-2-5-10/h8,10H,2-7,9H2,1H3,(H2,16,21)(H2,17,18,19,20). The van der Waals surface area contributed by atoms with Gasteiger partial charge in [-0.05, 0) is 39.0 Å². The number of carbonyl (C=O) groups is 1. The monoisotopic (exact) mass is 305 g/mol. The Balaban J connectivity index is 1.79. The highest BCUT2D eigenvalue weighted by molar-refractivity contribution is 5.97. The van der Waals surface area contributed by atoms with Crippen molar-refractivity contribution in [1.29, 1.82) is 0 Å². The van der Waals surface area contributed by atoms with E-state index in [2.05, 4.69) is 27.5 Å². The molecule has 1 aliphatic heterocycles. The number of carbonyl (C=O) groups excluding carboxylic acids is 1. The Labute approximate surface area is 130 Å². The van der Waals surface area contributed by atoms with Gasteiger partial charge in [0.2, 0.25) is 5.95 Å². The van der Waals surface area contributed by atoms with E-state index >= 15 is 0 Å². The van der Waals surface area contributed by atoms with Crippen molar-refractivity contribution in [3.8, 4) is 0 Å². The second kappa shape index (κ2) is 6.08. The van der Waals surface area contributed by atoms with E-state index in [9.17, 15) is 4.79 Å². The molecule has 1 aromatic heterocycles. The zero-order chi connectivity index (χ0) is 15.6. The average Bonchev–Trinajstić information content (AvgIpc) is 2.43. The summed E-state index contributed by atoms with van der Waals surface area (Å²) in [6, 6.07) is 0.370. The molecule has 120 valence electrons. The van der Waals surface area contributed by atoms with Crippen LogP contribution in [-0.2, 0) is 4.74 Å². The van der Waals surface area contributed by atoms with Gasteiger partial charge >= 0.3 is 0 Å². The van der Waals surface area contributed by atoms with Crippen LogP contribution in [0.4, 0.5) is 11.8 Å². The molecular formula is C15H23N5O2. The molecule has 1 aromatic rings. The van der Waals surface area contributed by atoms with Crippen LogP contribution < -0.4 is 16.4 Å². The fourth-order valence-corrected chi connectivity index (χ4v) is 2.78. The summed E-state index contributed by atoms with van der Waals surface area (Å²) in [6.07, 6.45) is 6.89. The molecule has 0 aromatic carbocycles. The quantitative estimate of drug-likeness (QED) is 0.762. The van der Waals surface area contributed by atoms with Crippen LogP contribution in [0.2, 0.25) is 0 Å². The molecule has 3 rings (SSSR count). The van der Waals surface area contributed by atoms with Crippen molar-refractivity contribution in [2.24, 2.45) is 5.73 Å². The number of amides is 1. The molecule has 1 atom stereocenters. The molecule has 1 amide bonds. The van der Waals surface area contributed by atoms with E-state index in [0.717, 1.165) is 32.3 Å². The number of primary amides is 1. The molecule has 2 heterocycles. The van der Waals surface area contributed by atoms with Crippen molar-refractivity contribution >= 4 is 17.7 Å². The maximum absolute atomic E-state index is 11.5. The van der Waals surface area contributed by atoms with E-state index in [1.54, 1.807) is 0 Å². The van der Waals surface area contributed by atoms with Gasteiger partial charge in [0.05, 0.1) is 17.7 Å². The number of anilines is 2. The van der Waals surface area contributed by atoms with Gasteiger partial charge < -0.3 is 21.1 Å². The lowest BCUT2D eigenvalue weighted by atomic mass is 9.93. The summed E-state index contributed by atoms with van der Waals surface area (Å²) in [6.45, 7) is 3.52. The van der Waals surface area contributed by atoms with Gasteiger partial charge in [-0.2, -0.15) is 4.98 Å². The number of aromatic nitrogens is 2. The third-order valence-corrected chi connectivity index (χ3v) is 4.35. The second-order valence-electron chi connectivity index (χ2n) is 6.43. The lowest BCUT2D eigenvalue weighted by Gasteiger charge is -2.34. The zero-order valence-corrected chi connectivity index (χ0v) is 12.9. The number of nitrogens with zero attached hydrogens (tertiary/aromatic N) is 2. The highest BCUT2D eigenvalue weighted by atomic mass is 16.5. The predicted molar refractivity (Wildman–Crippen MR) is 83.9 cm³/mol. The molecule has 0 radical (unpaired) electrons. The molecule has 4 N–H and O–H groups in total. The van der Waals surface area contributed by atoms with Crippen molar-refractivity contribution in [3.05, 3.63) is 11.8 Å². The Hall–Kier alpha value is -1.89. The zero-order valence-electron chi connectivity index (χ0n) is 12.9. The highest BCUT2D eigenvalue weighted by Gasteiger charge is 2.29. The van der Waals surface area contributed by atoms with E-state index in [4.69, 9.17) is 10.5 Å². The normalized spacial score (nSPS) is 25.3. The summed E-state index contributed by atoms with van der Waals surface area (Å²) < 4.78 is 5.53. The Bertz CT molecular complexity index is 553. The van der Waals surface area contributed by atoms with Gasteiger partial charge in [0, 0.05) is 18.8 Å². The molecule has 1 unspecified atom stereocenters. The van der Waals surface area contributed by atoms with Gasteiger partial charge in [-0.15, -0.1) is 0 Å². The largest absolute Gasteiger partial charge is 0.379 e. The Morgan fingerprint density at radius 1 is 1.45 bits per heavy atom. The van der Waals surface area contributed by atoms with Crippen molar-refractivity contribution in [2.75, 3.05) is 23.8 Å². The molecule has 1 saturated carbocycles. The van der Waals surface area contributed by atoms with Crippen molar-refractivity contribution < 1.29 is 9.53 Å². The summed E-state index contributed by atoms with van der Waals surface area (Å²) in [5, 5.41) is 6.63. The van der Waals surface area contributed by atoms with Gasteiger partial charge in [0.1, 0.15) is 5.82 Å². The van der Waals surface area contributed by atoms with E-state index < -0.39 is 5.91 Å². The first kappa shape index (κ1) is 15.0. The maximum Gasteiger partial charge on any atom is 0.254 e. The van der Waals surface area contributed by atoms with E-state index in [0.29, 0.717) is 30.0 Å². The number of hydrogen-bond donors (Lipinski definition) is 3. The Morgan fingerprint density at radius 3 is 2.86 bits per heavy atom. The van der Waals surface area contributed by atoms with Gasteiger partial charge in [-0.3, -0.25) is 4.79 Å². The second-order valence-corrected chi connectivity index (χ2v) is 6.43. The molecular weight excluding hydrogens is 282 g/mol. The van der Waals surface area contributed by atoms with E-state index in [1.165, 1.54) is 12.6 Å². The number of ether oxygens (including phenoxy) is 1. The first-order valence-electron chi connectivity index (χ1n) is 7.85. The predicted octanol–water partition coefficient (Wildman–Crippen LogP) is 1.52. The van der Waals surface area contributed by atoms with Crippen molar-refractivity contribution in [2.45, 2.75) is 50.6 Å². The van der Waals surface area contributed by atoms with Crippen LogP contribution in [0.5, 0.6) is 0 Å². The fourth-order valence-electron chi connectivity index (χ4n) is 2.78. The lowest BCUT2D eigenvalue weighted by molar-refractivity contribution is 0.0537. The third-order valence-electron chi connectivity index (χ3n) is 4.35. The SMILES string of the molecule is CC1(Nc2ncc(C(N)=O)c(NC3CCC3)n2)CCCOC1. The topological polar surface area (TPSA) is 102 Å². The van der Waals surface area contributed by atoms with Crippen LogP contribution in [-0.4, -0.2) is 40.7 Å². The smallest absolute Gasteiger partial charge is 0.254 e. The number of rotatable bonds is 5. The summed E-state index contributed by atoms with van der Waals surface area (Å²) >= 11 is 0. The molecule has 2 fully saturated rings. The first-order valence-corrected chi connectivity index (χ1v) is 7.85. The lowest BCUT2D eigenvalue weighted by Crippen LogP contribution is -2.43. The van der Waals surface area contributed by atoms with Crippen LogP contribution in [0.3, 0.4) is 0 Å². The van der Waals surface area contributed by atoms with Gasteiger partial charge in [-0.1, -0.05) is 0 Å². The molecule has 7 nitrogen and oxygen atoms in total. The first-order chi connectivity index (χ1) is 10.6. The van der Waals surface area contributed by atoms with Gasteiger partial charge in [0.25, 0.3) is 5.91 Å². The van der Waals surface area contributed by atoms with Gasteiger partial charge in [-0.25, -0.2) is 4.98 Å². The summed E-state index contributed by atoms with van der Waals surface area (Å²) in [5.41, 5.74) is 5.57. The fraction of sp³-hybridized carbons (Fsp3) is 0.667. The minimum Gasteiger partial charge on any atom is -0.379 e. The number of nitrogens with two attached hydrogens (primary N) is 1. The van der Waals surface area contributed by atoms with Crippen LogP contribution >= 0.6 is 0 Å². The van der Waals surface area contributed by atoms with Crippen LogP contribution in [0.1, 0.15) is 49.4 Å². The molecule has 0 spiro atoms. The van der Waals surface area contributed by atoms with E-state index in [-0.39, 0.29) is 5.54 Å². The average molecular weight is 305 g/mol. The van der Waals surface area contributed by atoms with Crippen molar-refractivity contribution in [3.63, 3.8) is 0 Å². The summed E-state index contributed by atoms with van der Waals surface area (Å²) in [7, 11) is 0. The number of nitrogens with one attached hydrogen (secondary N) is 2. The van der Waals surface area contributed by atoms with Crippen LogP contribution in [0.15, 0.2) is 6.20 Å². The minimum absolute atomic E-state index is 0.180. The Morgan fingerprint density at radius 2 is 2.27 bits per heavy atom. The van der Waals surface area contributed by atoms with Gasteiger partial charge in [0.15, 0.2) is 0 Å². The molecule has 0 bridgehead atoms. The maximum atomic E-state index is 11.5. The molecule has 1 saturated heterocycles. The molecule has 7 heteroatoms. The summed E-state index contributed by atoms with van der Waals surface area (Å²) in [5.74, 6) is 0.510. The van der Waals surface area contributed by atoms with Crippen molar-refractivity contribution in [1.82, 2.24) is 9.97 Å². The summed E-state index contributed by atoms with van der Waals surface area (Å²) in [4.78, 5) is 20.2. The third kappa shape index (κ3) is 3.30. The minimum atomic E-state index is -0.513. The molecule has 2 aliphatic rings. The number of hydrogen-bond acceptors (Lipinski definition) is 6. The van der Waals surface area contributed by atoms with E-state index in [1.807, 2.05) is 0 Å². The molecule has 1 aliphatic carbocycles. The highest BCUT2D eigenvalue weighted by Crippen LogP contribution is 2.26.